The van der Waals surface area contributed by atoms with Gasteiger partial charge in [-0.2, -0.15) is 0 Å². The highest BCUT2D eigenvalue weighted by atomic mass is 16.4. The number of hydrogen-bond acceptors (Lipinski definition) is 6. The molecule has 1 aliphatic carbocycles. The monoisotopic (exact) mass is 329 g/mol. The minimum Gasteiger partial charge on any atom is -0.393 e. The van der Waals surface area contributed by atoms with E-state index in [2.05, 4.69) is 25.2 Å². The first-order chi connectivity index (χ1) is 10.7. The van der Waals surface area contributed by atoms with Gasteiger partial charge in [0.15, 0.2) is 0 Å². The summed E-state index contributed by atoms with van der Waals surface area (Å²) in [4.78, 5) is 0. The van der Waals surface area contributed by atoms with Crippen LogP contribution in [-0.2, 0) is 0 Å². The molecule has 0 aromatic heterocycles. The Hall–Kier alpha value is -0.760. The van der Waals surface area contributed by atoms with Gasteiger partial charge in [0.1, 0.15) is 17.8 Å². The molecule has 1 aliphatic rings. The molecular weight excluding hydrogens is 298 g/mol. The average molecular weight is 329 g/mol. The first kappa shape index (κ1) is 20.3. The zero-order valence-electron chi connectivity index (χ0n) is 14.2. The molecule has 0 aliphatic heterocycles. The van der Waals surface area contributed by atoms with Crippen molar-refractivity contribution in [1.29, 1.82) is 0 Å². The van der Waals surface area contributed by atoms with Crippen molar-refractivity contribution in [2.45, 2.75) is 70.0 Å². The molecule has 0 spiro atoms. The molecule has 5 atom stereocenters. The Labute approximate surface area is 138 Å². The highest BCUT2D eigenvalue weighted by molar-refractivity contribution is 5.07. The van der Waals surface area contributed by atoms with E-state index in [1.165, 1.54) is 11.1 Å². The topological polar surface area (TPSA) is 113 Å². The Morgan fingerprint density at radius 2 is 1.78 bits per heavy atom. The van der Waals surface area contributed by atoms with Crippen LogP contribution in [0.3, 0.4) is 0 Å². The summed E-state index contributed by atoms with van der Waals surface area (Å²) in [5.74, 6) is 0. The molecule has 6 nitrogen and oxygen atoms in total. The minimum atomic E-state index is -1.81. The second-order valence-electron chi connectivity index (χ2n) is 6.78. The predicted molar refractivity (Wildman–Crippen MR) is 88.9 cm³/mol. The predicted octanol–water partition coefficient (Wildman–Crippen LogP) is -0.153. The Balaban J connectivity index is 2.54. The third kappa shape index (κ3) is 5.67. The lowest BCUT2D eigenvalue weighted by Crippen LogP contribution is -2.66. The molecule has 1 fully saturated rings. The largest absolute Gasteiger partial charge is 0.393 e. The van der Waals surface area contributed by atoms with E-state index in [4.69, 9.17) is 0 Å². The van der Waals surface area contributed by atoms with E-state index in [1.54, 1.807) is 0 Å². The van der Waals surface area contributed by atoms with E-state index in [0.29, 0.717) is 6.54 Å². The molecule has 0 aromatic rings. The van der Waals surface area contributed by atoms with Crippen molar-refractivity contribution in [1.82, 2.24) is 5.32 Å². The summed E-state index contributed by atoms with van der Waals surface area (Å²) in [6, 6.07) is -0.604. The number of nitrogens with one attached hydrogen (secondary N) is 1. The molecule has 134 valence electrons. The van der Waals surface area contributed by atoms with Crippen LogP contribution in [0.1, 0.15) is 40.0 Å². The quantitative estimate of drug-likeness (QED) is 0.362. The number of allylic oxidation sites excluding steroid dienone is 3. The van der Waals surface area contributed by atoms with Gasteiger partial charge in [-0.15, -0.1) is 0 Å². The molecule has 6 heteroatoms. The van der Waals surface area contributed by atoms with Crippen molar-refractivity contribution in [3.05, 3.63) is 23.3 Å². The minimum absolute atomic E-state index is 0.0342. The van der Waals surface area contributed by atoms with E-state index < -0.39 is 36.6 Å². The standard InChI is InChI=1S/C17H31NO5/c1-11(2)5-4-6-12(3)7-8-18-13-9-17(23,10-19)16(22)15(21)14(13)20/h5,7,13-16,18-23H,4,6,8-10H2,1-3H3/b12-7+. The summed E-state index contributed by atoms with van der Waals surface area (Å²) in [5, 5.41) is 52.1. The second kappa shape index (κ2) is 8.92. The van der Waals surface area contributed by atoms with Crippen LogP contribution in [0.15, 0.2) is 23.3 Å². The van der Waals surface area contributed by atoms with Crippen molar-refractivity contribution < 1.29 is 25.5 Å². The lowest BCUT2D eigenvalue weighted by atomic mass is 9.76. The summed E-state index contributed by atoms with van der Waals surface area (Å²) < 4.78 is 0. The average Bonchev–Trinajstić information content (AvgIpc) is 2.50. The lowest BCUT2D eigenvalue weighted by molar-refractivity contribution is -0.206. The third-order valence-corrected chi connectivity index (χ3v) is 4.41. The summed E-state index contributed by atoms with van der Waals surface area (Å²) >= 11 is 0. The van der Waals surface area contributed by atoms with Gasteiger partial charge in [0, 0.05) is 12.6 Å². The molecule has 0 aromatic carbocycles. The Bertz CT molecular complexity index is 433. The molecule has 0 saturated heterocycles. The number of hydrogen-bond donors (Lipinski definition) is 6. The maximum atomic E-state index is 10.2. The van der Waals surface area contributed by atoms with Crippen molar-refractivity contribution >= 4 is 0 Å². The molecule has 0 radical (unpaired) electrons. The zero-order chi connectivity index (χ0) is 17.6. The second-order valence-corrected chi connectivity index (χ2v) is 6.78. The van der Waals surface area contributed by atoms with Gasteiger partial charge in [0.05, 0.1) is 12.7 Å². The molecule has 0 bridgehead atoms. The molecule has 1 saturated carbocycles. The van der Waals surface area contributed by atoms with Crippen LogP contribution in [0.5, 0.6) is 0 Å². The van der Waals surface area contributed by atoms with E-state index in [0.717, 1.165) is 12.8 Å². The molecule has 6 N–H and O–H groups in total. The fourth-order valence-electron chi connectivity index (χ4n) is 2.79. The van der Waals surface area contributed by atoms with Crippen molar-refractivity contribution in [2.75, 3.05) is 13.2 Å². The van der Waals surface area contributed by atoms with Crippen LogP contribution in [0, 0.1) is 0 Å². The molecule has 0 heterocycles. The molecule has 1 rings (SSSR count). The lowest BCUT2D eigenvalue weighted by Gasteiger charge is -2.45. The normalized spacial score (nSPS) is 35.2. The Kier molecular flexibility index (Phi) is 7.86. The summed E-state index contributed by atoms with van der Waals surface area (Å²) in [6.07, 6.45) is 1.80. The van der Waals surface area contributed by atoms with Gasteiger partial charge in [-0.05, 0) is 40.0 Å². The van der Waals surface area contributed by atoms with Gasteiger partial charge in [0.25, 0.3) is 0 Å². The van der Waals surface area contributed by atoms with Gasteiger partial charge < -0.3 is 30.8 Å². The van der Waals surface area contributed by atoms with Crippen LogP contribution in [-0.4, -0.2) is 68.6 Å². The van der Waals surface area contributed by atoms with E-state index in [1.807, 2.05) is 13.0 Å². The van der Waals surface area contributed by atoms with Gasteiger partial charge in [-0.25, -0.2) is 0 Å². The molecule has 5 unspecified atom stereocenters. The van der Waals surface area contributed by atoms with Crippen molar-refractivity contribution in [3.63, 3.8) is 0 Å². The SMILES string of the molecule is CC(C)=CCC/C(C)=C/CNC1CC(O)(CO)C(O)C(O)C1O. The van der Waals surface area contributed by atoms with Crippen LogP contribution < -0.4 is 5.32 Å². The van der Waals surface area contributed by atoms with Gasteiger partial charge in [0.2, 0.25) is 0 Å². The van der Waals surface area contributed by atoms with Crippen LogP contribution in [0.4, 0.5) is 0 Å². The van der Waals surface area contributed by atoms with E-state index >= 15 is 0 Å². The third-order valence-electron chi connectivity index (χ3n) is 4.41. The Morgan fingerprint density at radius 1 is 1.13 bits per heavy atom. The highest BCUT2D eigenvalue weighted by Crippen LogP contribution is 2.29. The summed E-state index contributed by atoms with van der Waals surface area (Å²) in [5.41, 5.74) is 0.689. The molecular formula is C17H31NO5. The molecule has 0 amide bonds. The van der Waals surface area contributed by atoms with Crippen LogP contribution in [0.25, 0.3) is 0 Å². The van der Waals surface area contributed by atoms with Crippen LogP contribution in [0.2, 0.25) is 0 Å². The van der Waals surface area contributed by atoms with E-state index in [-0.39, 0.29) is 6.42 Å². The number of aliphatic hydroxyl groups excluding tert-OH is 4. The fraction of sp³-hybridized carbons (Fsp3) is 0.765. The molecule has 23 heavy (non-hydrogen) atoms. The maximum Gasteiger partial charge on any atom is 0.118 e. The summed E-state index contributed by atoms with van der Waals surface area (Å²) in [6.45, 7) is 5.96. The van der Waals surface area contributed by atoms with Crippen molar-refractivity contribution in [2.24, 2.45) is 0 Å². The van der Waals surface area contributed by atoms with Crippen LogP contribution >= 0.6 is 0 Å². The van der Waals surface area contributed by atoms with Gasteiger partial charge >= 0.3 is 0 Å². The zero-order valence-corrected chi connectivity index (χ0v) is 14.2. The van der Waals surface area contributed by atoms with Gasteiger partial charge in [-0.3, -0.25) is 0 Å². The Morgan fingerprint density at radius 3 is 2.35 bits per heavy atom. The number of rotatable bonds is 7. The first-order valence-electron chi connectivity index (χ1n) is 8.11. The smallest absolute Gasteiger partial charge is 0.118 e. The summed E-state index contributed by atoms with van der Waals surface area (Å²) in [7, 11) is 0. The first-order valence-corrected chi connectivity index (χ1v) is 8.11. The number of aliphatic hydroxyl groups is 5. The van der Waals surface area contributed by atoms with Crippen molar-refractivity contribution in [3.8, 4) is 0 Å². The van der Waals surface area contributed by atoms with E-state index in [9.17, 15) is 25.5 Å². The highest BCUT2D eigenvalue weighted by Gasteiger charge is 2.50. The fourth-order valence-corrected chi connectivity index (χ4v) is 2.79. The maximum absolute atomic E-state index is 10.2. The van der Waals surface area contributed by atoms with Gasteiger partial charge in [-0.1, -0.05) is 23.3 Å².